The molecule has 0 saturated carbocycles. The Bertz CT molecular complexity index is 570. The van der Waals surface area contributed by atoms with Crippen LogP contribution in [0.4, 0.5) is 24.7 Å². The Morgan fingerprint density at radius 2 is 1.71 bits per heavy atom. The molecule has 1 heterocycles. The highest BCUT2D eigenvalue weighted by Gasteiger charge is 2.32. The maximum atomic E-state index is 12.8. The van der Waals surface area contributed by atoms with E-state index >= 15 is 0 Å². The van der Waals surface area contributed by atoms with Crippen molar-refractivity contribution in [1.29, 1.82) is 0 Å². The topological polar surface area (TPSA) is 42.1 Å². The average molecular weight is 295 g/mol. The molecule has 0 amide bonds. The maximum Gasteiger partial charge on any atom is 0.433 e. The van der Waals surface area contributed by atoms with Gasteiger partial charge in [-0.05, 0) is 37.2 Å². The van der Waals surface area contributed by atoms with Crippen LogP contribution in [-0.4, -0.2) is 18.1 Å². The van der Waals surface area contributed by atoms with Crippen LogP contribution in [0.3, 0.4) is 0 Å². The van der Waals surface area contributed by atoms with Crippen molar-refractivity contribution in [3.8, 4) is 0 Å². The minimum atomic E-state index is -4.45. The molecule has 0 aliphatic rings. The number of aromatic nitrogens is 1. The van der Waals surface area contributed by atoms with Crippen LogP contribution in [0.1, 0.15) is 12.1 Å². The zero-order chi connectivity index (χ0) is 15.3. The van der Waals surface area contributed by atoms with Crippen LogP contribution in [0.5, 0.6) is 0 Å². The zero-order valence-electron chi connectivity index (χ0n) is 11.3. The Morgan fingerprint density at radius 1 is 1.00 bits per heavy atom. The molecule has 2 rings (SSSR count). The lowest BCUT2D eigenvalue weighted by atomic mass is 10.2. The molecule has 0 aliphatic heterocycles. The Kier molecular flexibility index (Phi) is 4.80. The summed E-state index contributed by atoms with van der Waals surface area (Å²) in [5, 5.41) is 0. The molecule has 0 aliphatic carbocycles. The van der Waals surface area contributed by atoms with Crippen molar-refractivity contribution < 1.29 is 13.2 Å². The van der Waals surface area contributed by atoms with Crippen LogP contribution in [0.25, 0.3) is 0 Å². The minimum Gasteiger partial charge on any atom is -0.330 e. The molecule has 0 fully saturated rings. The van der Waals surface area contributed by atoms with Crippen LogP contribution >= 0.6 is 0 Å². The summed E-state index contributed by atoms with van der Waals surface area (Å²) in [7, 11) is 0. The van der Waals surface area contributed by atoms with E-state index in [9.17, 15) is 13.2 Å². The number of benzene rings is 1. The van der Waals surface area contributed by atoms with E-state index < -0.39 is 11.9 Å². The lowest BCUT2D eigenvalue weighted by molar-refractivity contribution is -0.141. The number of hydrogen-bond donors (Lipinski definition) is 1. The average Bonchev–Trinajstić information content (AvgIpc) is 2.48. The quantitative estimate of drug-likeness (QED) is 0.916. The van der Waals surface area contributed by atoms with E-state index in [0.29, 0.717) is 19.5 Å². The van der Waals surface area contributed by atoms with Gasteiger partial charge in [0.05, 0.1) is 0 Å². The van der Waals surface area contributed by atoms with Crippen molar-refractivity contribution in [2.24, 2.45) is 5.73 Å². The Labute approximate surface area is 121 Å². The summed E-state index contributed by atoms with van der Waals surface area (Å²) < 4.78 is 38.4. The Hall–Kier alpha value is -2.08. The first-order chi connectivity index (χ1) is 10.0. The van der Waals surface area contributed by atoms with Gasteiger partial charge < -0.3 is 10.6 Å². The van der Waals surface area contributed by atoms with Crippen molar-refractivity contribution in [1.82, 2.24) is 4.98 Å². The van der Waals surface area contributed by atoms with Gasteiger partial charge in [0.15, 0.2) is 0 Å². The molecular weight excluding hydrogens is 279 g/mol. The molecule has 112 valence electrons. The summed E-state index contributed by atoms with van der Waals surface area (Å²) in [4.78, 5) is 5.47. The Balaban J connectivity index is 2.37. The highest BCUT2D eigenvalue weighted by atomic mass is 19.4. The highest BCUT2D eigenvalue weighted by molar-refractivity contribution is 5.59. The number of nitrogens with two attached hydrogens (primary N) is 1. The summed E-state index contributed by atoms with van der Waals surface area (Å²) in [5.74, 6) is 0.268. The van der Waals surface area contributed by atoms with Gasteiger partial charge in [-0.3, -0.25) is 0 Å². The van der Waals surface area contributed by atoms with Gasteiger partial charge in [-0.2, -0.15) is 13.2 Å². The number of hydrogen-bond acceptors (Lipinski definition) is 3. The summed E-state index contributed by atoms with van der Waals surface area (Å²) in [5.41, 5.74) is 5.40. The van der Waals surface area contributed by atoms with Gasteiger partial charge in [-0.1, -0.05) is 24.3 Å². The molecule has 1 aromatic carbocycles. The van der Waals surface area contributed by atoms with Crippen LogP contribution in [-0.2, 0) is 6.18 Å². The molecule has 0 atom stereocenters. The zero-order valence-corrected chi connectivity index (χ0v) is 11.3. The number of pyridine rings is 1. The standard InChI is InChI=1S/C15H16F3N3/c16-15(17,18)13-8-4-9-14(20-13)21(11-5-10-19)12-6-2-1-3-7-12/h1-4,6-9H,5,10-11,19H2. The third-order valence-electron chi connectivity index (χ3n) is 2.96. The molecule has 0 saturated heterocycles. The smallest absolute Gasteiger partial charge is 0.330 e. The van der Waals surface area contributed by atoms with Crippen LogP contribution < -0.4 is 10.6 Å². The van der Waals surface area contributed by atoms with Crippen LogP contribution in [0.15, 0.2) is 48.5 Å². The second-order valence-corrected chi connectivity index (χ2v) is 4.51. The fraction of sp³-hybridized carbons (Fsp3) is 0.267. The fourth-order valence-corrected chi connectivity index (χ4v) is 1.96. The summed E-state index contributed by atoms with van der Waals surface area (Å²) >= 11 is 0. The predicted octanol–water partition coefficient (Wildman–Crippen LogP) is 3.59. The van der Waals surface area contributed by atoms with Crippen molar-refractivity contribution in [2.75, 3.05) is 18.0 Å². The monoisotopic (exact) mass is 295 g/mol. The lowest BCUT2D eigenvalue weighted by Crippen LogP contribution is -2.23. The van der Waals surface area contributed by atoms with Gasteiger partial charge in [0, 0.05) is 12.2 Å². The Morgan fingerprint density at radius 3 is 2.33 bits per heavy atom. The first-order valence-electron chi connectivity index (χ1n) is 6.59. The summed E-state index contributed by atoms with van der Waals surface area (Å²) in [6.07, 6.45) is -3.79. The van der Waals surface area contributed by atoms with Crippen molar-refractivity contribution in [3.05, 3.63) is 54.2 Å². The van der Waals surface area contributed by atoms with Gasteiger partial charge in [-0.15, -0.1) is 0 Å². The normalized spacial score (nSPS) is 11.4. The number of nitrogens with zero attached hydrogens (tertiary/aromatic N) is 2. The van der Waals surface area contributed by atoms with E-state index in [0.717, 1.165) is 11.8 Å². The molecule has 2 aromatic rings. The molecule has 1 aromatic heterocycles. The van der Waals surface area contributed by atoms with Gasteiger partial charge >= 0.3 is 6.18 Å². The summed E-state index contributed by atoms with van der Waals surface area (Å²) in [6, 6.07) is 13.1. The second kappa shape index (κ2) is 6.58. The van der Waals surface area contributed by atoms with E-state index in [-0.39, 0.29) is 5.82 Å². The molecule has 0 unspecified atom stereocenters. The number of para-hydroxylation sites is 1. The van der Waals surface area contributed by atoms with Crippen molar-refractivity contribution in [2.45, 2.75) is 12.6 Å². The van der Waals surface area contributed by atoms with Crippen molar-refractivity contribution in [3.63, 3.8) is 0 Å². The molecular formula is C15H16F3N3. The van der Waals surface area contributed by atoms with E-state index in [1.54, 1.807) is 11.0 Å². The van der Waals surface area contributed by atoms with Crippen molar-refractivity contribution >= 4 is 11.5 Å². The van der Waals surface area contributed by atoms with E-state index in [2.05, 4.69) is 4.98 Å². The summed E-state index contributed by atoms with van der Waals surface area (Å²) in [6.45, 7) is 0.969. The van der Waals surface area contributed by atoms with E-state index in [1.165, 1.54) is 6.07 Å². The molecule has 6 heteroatoms. The second-order valence-electron chi connectivity index (χ2n) is 4.51. The largest absolute Gasteiger partial charge is 0.433 e. The molecule has 0 radical (unpaired) electrons. The third-order valence-corrected chi connectivity index (χ3v) is 2.96. The number of halogens is 3. The van der Waals surface area contributed by atoms with E-state index in [4.69, 9.17) is 5.73 Å². The van der Waals surface area contributed by atoms with Gasteiger partial charge in [0.2, 0.25) is 0 Å². The first kappa shape index (κ1) is 15.3. The maximum absolute atomic E-state index is 12.8. The lowest BCUT2D eigenvalue weighted by Gasteiger charge is -2.24. The van der Waals surface area contributed by atoms with Gasteiger partial charge in [0.25, 0.3) is 0 Å². The van der Waals surface area contributed by atoms with Crippen LogP contribution in [0.2, 0.25) is 0 Å². The molecule has 0 bridgehead atoms. The number of anilines is 2. The van der Waals surface area contributed by atoms with Crippen LogP contribution in [0, 0.1) is 0 Å². The first-order valence-corrected chi connectivity index (χ1v) is 6.59. The SMILES string of the molecule is NCCCN(c1ccccc1)c1cccc(C(F)(F)F)n1. The molecule has 0 spiro atoms. The highest BCUT2D eigenvalue weighted by Crippen LogP contribution is 2.30. The van der Waals surface area contributed by atoms with E-state index in [1.807, 2.05) is 30.3 Å². The minimum absolute atomic E-state index is 0.268. The number of rotatable bonds is 5. The number of alkyl halides is 3. The van der Waals surface area contributed by atoms with Gasteiger partial charge in [0.1, 0.15) is 11.5 Å². The molecule has 21 heavy (non-hydrogen) atoms. The predicted molar refractivity (Wildman–Crippen MR) is 76.4 cm³/mol. The third kappa shape index (κ3) is 3.95. The molecule has 2 N–H and O–H groups in total. The van der Waals surface area contributed by atoms with Gasteiger partial charge in [-0.25, -0.2) is 4.98 Å². The fourth-order valence-electron chi connectivity index (χ4n) is 1.96. The molecule has 3 nitrogen and oxygen atoms in total.